The molecule has 2 aromatic carbocycles. The molecule has 0 radical (unpaired) electrons. The molecule has 0 saturated carbocycles. The number of rotatable bonds is 5. The summed E-state index contributed by atoms with van der Waals surface area (Å²) in [5.74, 6) is 0. The maximum atomic E-state index is 12.5. The molecule has 0 spiro atoms. The lowest BCUT2D eigenvalue weighted by molar-refractivity contribution is 0.105. The fourth-order valence-electron chi connectivity index (χ4n) is 2.71. The fourth-order valence-corrected chi connectivity index (χ4v) is 2.71. The third kappa shape index (κ3) is 2.92. The molecule has 4 rings (SSSR count). The first-order chi connectivity index (χ1) is 12.7. The maximum Gasteiger partial charge on any atom is 0.362 e. The molecular formula is C18H16N4O4. The molecule has 1 atom stereocenters. The molecule has 0 aliphatic rings. The van der Waals surface area contributed by atoms with Gasteiger partial charge in [-0.05, 0) is 30.3 Å². The Hall–Kier alpha value is -3.23. The molecule has 4 aromatic rings. The molecule has 8 nitrogen and oxygen atoms in total. The van der Waals surface area contributed by atoms with E-state index in [0.29, 0.717) is 16.8 Å². The highest BCUT2D eigenvalue weighted by Crippen LogP contribution is 2.21. The van der Waals surface area contributed by atoms with E-state index in [2.05, 4.69) is 15.6 Å². The molecule has 132 valence electrons. The summed E-state index contributed by atoms with van der Waals surface area (Å²) in [5, 5.41) is 30.1. The second kappa shape index (κ2) is 6.58. The summed E-state index contributed by atoms with van der Waals surface area (Å²) in [4.78, 5) is 12.5. The Morgan fingerprint density at radius 1 is 1.19 bits per heavy atom. The van der Waals surface area contributed by atoms with Crippen LogP contribution in [0.25, 0.3) is 27.7 Å². The molecule has 26 heavy (non-hydrogen) atoms. The van der Waals surface area contributed by atoms with Crippen LogP contribution in [0, 0.1) is 0 Å². The molecule has 0 bridgehead atoms. The van der Waals surface area contributed by atoms with Gasteiger partial charge in [-0.25, -0.2) is 9.48 Å². The zero-order valence-corrected chi connectivity index (χ0v) is 13.7. The highest BCUT2D eigenvalue weighted by molar-refractivity contribution is 5.83. The molecule has 2 aromatic heterocycles. The van der Waals surface area contributed by atoms with Gasteiger partial charge in [0.05, 0.1) is 18.2 Å². The normalized spacial score (nSPS) is 12.5. The lowest BCUT2D eigenvalue weighted by Gasteiger charge is -2.10. The molecule has 0 fully saturated rings. The van der Waals surface area contributed by atoms with Crippen molar-refractivity contribution in [3.8, 4) is 5.69 Å². The van der Waals surface area contributed by atoms with Crippen LogP contribution >= 0.6 is 0 Å². The average molecular weight is 352 g/mol. The van der Waals surface area contributed by atoms with Crippen molar-refractivity contribution < 1.29 is 14.6 Å². The zero-order valence-electron chi connectivity index (χ0n) is 13.7. The quantitative estimate of drug-likeness (QED) is 0.464. The number of nitrogens with zero attached hydrogens (tertiary/aromatic N) is 3. The second-order valence-corrected chi connectivity index (χ2v) is 5.88. The van der Waals surface area contributed by atoms with Gasteiger partial charge in [0, 0.05) is 23.7 Å². The van der Waals surface area contributed by atoms with Crippen molar-refractivity contribution in [2.24, 2.45) is 0 Å². The molecule has 0 aliphatic heterocycles. The molecular weight excluding hydrogens is 336 g/mol. The van der Waals surface area contributed by atoms with Crippen LogP contribution in [0.3, 0.4) is 0 Å². The van der Waals surface area contributed by atoms with Gasteiger partial charge in [-0.2, -0.15) is 0 Å². The summed E-state index contributed by atoms with van der Waals surface area (Å²) in [7, 11) is 0. The molecule has 2 heterocycles. The van der Waals surface area contributed by atoms with Gasteiger partial charge in [0.25, 0.3) is 0 Å². The molecule has 0 amide bonds. The SMILES string of the molecule is O=c1oc2cc(NCC(O)CO)ccc2cc1-n1nnc2ccccc21. The number of hydrogen-bond donors (Lipinski definition) is 3. The molecule has 0 saturated heterocycles. The van der Waals surface area contributed by atoms with Crippen molar-refractivity contribution in [3.63, 3.8) is 0 Å². The van der Waals surface area contributed by atoms with Gasteiger partial charge in [-0.15, -0.1) is 5.10 Å². The molecule has 8 heteroatoms. The predicted octanol–water partition coefficient (Wildman–Crippen LogP) is 1.29. The van der Waals surface area contributed by atoms with E-state index in [1.165, 1.54) is 4.68 Å². The fraction of sp³-hybridized carbons (Fsp3) is 0.167. The van der Waals surface area contributed by atoms with E-state index in [0.717, 1.165) is 10.9 Å². The smallest absolute Gasteiger partial charge is 0.362 e. The summed E-state index contributed by atoms with van der Waals surface area (Å²) < 4.78 is 6.91. The average Bonchev–Trinajstić information content (AvgIpc) is 3.09. The van der Waals surface area contributed by atoms with Gasteiger partial charge in [0.1, 0.15) is 11.1 Å². The first-order valence-corrected chi connectivity index (χ1v) is 8.07. The number of nitrogens with one attached hydrogen (secondary N) is 1. The standard InChI is InChI=1S/C18H16N4O4/c23-10-13(24)9-19-12-6-5-11-7-16(18(25)26-17(11)8-12)22-15-4-2-1-3-14(15)20-21-22/h1-8,13,19,23-24H,9-10H2. The Labute approximate surface area is 147 Å². The Balaban J connectivity index is 1.74. The summed E-state index contributed by atoms with van der Waals surface area (Å²) in [6.45, 7) is -0.139. The van der Waals surface area contributed by atoms with E-state index < -0.39 is 11.7 Å². The summed E-state index contributed by atoms with van der Waals surface area (Å²) in [5.41, 5.74) is 2.24. The second-order valence-electron chi connectivity index (χ2n) is 5.88. The zero-order chi connectivity index (χ0) is 18.1. The van der Waals surface area contributed by atoms with E-state index in [-0.39, 0.29) is 18.8 Å². The van der Waals surface area contributed by atoms with Gasteiger partial charge in [-0.3, -0.25) is 0 Å². The monoisotopic (exact) mass is 352 g/mol. The van der Waals surface area contributed by atoms with Crippen molar-refractivity contribution >= 4 is 27.7 Å². The lowest BCUT2D eigenvalue weighted by atomic mass is 10.2. The molecule has 3 N–H and O–H groups in total. The van der Waals surface area contributed by atoms with Crippen molar-refractivity contribution in [2.75, 3.05) is 18.5 Å². The minimum absolute atomic E-state index is 0.190. The van der Waals surface area contributed by atoms with Crippen LogP contribution < -0.4 is 10.9 Å². The highest BCUT2D eigenvalue weighted by Gasteiger charge is 2.13. The number of aromatic nitrogens is 3. The lowest BCUT2D eigenvalue weighted by Crippen LogP contribution is -2.22. The minimum Gasteiger partial charge on any atom is -0.421 e. The first kappa shape index (κ1) is 16.2. The first-order valence-electron chi connectivity index (χ1n) is 8.07. The number of fused-ring (bicyclic) bond motifs is 2. The molecule has 0 aliphatic carbocycles. The van der Waals surface area contributed by atoms with E-state index in [4.69, 9.17) is 9.52 Å². The van der Waals surface area contributed by atoms with E-state index in [9.17, 15) is 9.90 Å². The number of hydrogen-bond acceptors (Lipinski definition) is 7. The number of benzene rings is 2. The minimum atomic E-state index is -0.860. The Kier molecular flexibility index (Phi) is 4.11. The van der Waals surface area contributed by atoms with Crippen LogP contribution in [0.5, 0.6) is 0 Å². The van der Waals surface area contributed by atoms with Crippen LogP contribution in [0.4, 0.5) is 5.69 Å². The van der Waals surface area contributed by atoms with Crippen LogP contribution in [0.2, 0.25) is 0 Å². The van der Waals surface area contributed by atoms with Gasteiger partial charge >= 0.3 is 5.63 Å². The summed E-state index contributed by atoms with van der Waals surface area (Å²) in [6.07, 6.45) is -0.860. The van der Waals surface area contributed by atoms with Gasteiger partial charge in [0.2, 0.25) is 0 Å². The van der Waals surface area contributed by atoms with E-state index in [1.54, 1.807) is 24.3 Å². The van der Waals surface area contributed by atoms with Gasteiger partial charge in [0.15, 0.2) is 5.69 Å². The van der Waals surface area contributed by atoms with E-state index in [1.807, 2.05) is 24.3 Å². The molecule has 1 unspecified atom stereocenters. The number of anilines is 1. The van der Waals surface area contributed by atoms with Gasteiger partial charge in [-0.1, -0.05) is 17.3 Å². The Morgan fingerprint density at radius 3 is 2.88 bits per heavy atom. The van der Waals surface area contributed by atoms with Gasteiger partial charge < -0.3 is 19.9 Å². The van der Waals surface area contributed by atoms with Crippen molar-refractivity contribution in [2.45, 2.75) is 6.10 Å². The Morgan fingerprint density at radius 2 is 2.04 bits per heavy atom. The van der Waals surface area contributed by atoms with Crippen LogP contribution in [0.15, 0.2) is 57.7 Å². The van der Waals surface area contributed by atoms with E-state index >= 15 is 0 Å². The van der Waals surface area contributed by atoms with Crippen LogP contribution in [0.1, 0.15) is 0 Å². The maximum absolute atomic E-state index is 12.5. The number of aliphatic hydroxyl groups excluding tert-OH is 2. The number of aliphatic hydroxyl groups is 2. The van der Waals surface area contributed by atoms with Crippen molar-refractivity contribution in [1.29, 1.82) is 0 Å². The van der Waals surface area contributed by atoms with Crippen molar-refractivity contribution in [1.82, 2.24) is 15.0 Å². The largest absolute Gasteiger partial charge is 0.421 e. The highest BCUT2D eigenvalue weighted by atomic mass is 16.4. The predicted molar refractivity (Wildman–Crippen MR) is 96.5 cm³/mol. The summed E-state index contributed by atoms with van der Waals surface area (Å²) >= 11 is 0. The number of para-hydroxylation sites is 1. The summed E-state index contributed by atoms with van der Waals surface area (Å²) in [6, 6.07) is 14.3. The van der Waals surface area contributed by atoms with Crippen LogP contribution in [-0.2, 0) is 0 Å². The van der Waals surface area contributed by atoms with Crippen LogP contribution in [-0.4, -0.2) is 44.5 Å². The Bertz CT molecular complexity index is 1130. The third-order valence-corrected chi connectivity index (χ3v) is 4.05. The third-order valence-electron chi connectivity index (χ3n) is 4.05. The van der Waals surface area contributed by atoms with Crippen molar-refractivity contribution in [3.05, 3.63) is 59.0 Å². The topological polar surface area (TPSA) is 113 Å².